The first-order valence-electron chi connectivity index (χ1n) is 6.90. The Kier molecular flexibility index (Phi) is 4.41. The van der Waals surface area contributed by atoms with Crippen molar-refractivity contribution in [2.75, 3.05) is 5.32 Å². The van der Waals surface area contributed by atoms with Crippen molar-refractivity contribution >= 4 is 5.82 Å². The molecule has 3 heterocycles. The van der Waals surface area contributed by atoms with E-state index in [9.17, 15) is 4.39 Å². The summed E-state index contributed by atoms with van der Waals surface area (Å²) in [5, 5.41) is 2.85. The Morgan fingerprint density at radius 2 is 2.13 bits per heavy atom. The van der Waals surface area contributed by atoms with E-state index in [4.69, 9.17) is 9.15 Å². The van der Waals surface area contributed by atoms with E-state index in [2.05, 4.69) is 25.3 Å². The average molecular weight is 315 g/mol. The van der Waals surface area contributed by atoms with Gasteiger partial charge in [-0.3, -0.25) is 9.97 Å². The first-order chi connectivity index (χ1) is 11.2. The van der Waals surface area contributed by atoms with E-state index in [1.165, 1.54) is 0 Å². The maximum absolute atomic E-state index is 13.8. The molecule has 0 spiro atoms. The van der Waals surface area contributed by atoms with Crippen LogP contribution in [0.15, 0.2) is 41.4 Å². The minimum atomic E-state index is -0.574. The molecule has 1 N–H and O–H groups in total. The minimum Gasteiger partial charge on any atom is -0.466 e. The van der Waals surface area contributed by atoms with Gasteiger partial charge in [-0.1, -0.05) is 0 Å². The van der Waals surface area contributed by atoms with Crippen molar-refractivity contribution in [1.29, 1.82) is 0 Å². The Morgan fingerprint density at radius 3 is 2.87 bits per heavy atom. The fourth-order valence-corrected chi connectivity index (χ4v) is 1.76. The zero-order valence-electron chi connectivity index (χ0n) is 12.4. The largest absolute Gasteiger partial charge is 0.466 e. The highest BCUT2D eigenvalue weighted by Gasteiger charge is 2.09. The highest BCUT2D eigenvalue weighted by Crippen LogP contribution is 2.15. The maximum atomic E-state index is 13.8. The summed E-state index contributed by atoms with van der Waals surface area (Å²) in [5.74, 6) is 0.0922. The summed E-state index contributed by atoms with van der Waals surface area (Å²) in [4.78, 5) is 16.1. The molecule has 0 bridgehead atoms. The fourth-order valence-electron chi connectivity index (χ4n) is 1.76. The lowest BCUT2D eigenvalue weighted by molar-refractivity contribution is 0.249. The molecule has 0 unspecified atom stereocenters. The number of hydrogen-bond donors (Lipinski definition) is 1. The van der Waals surface area contributed by atoms with Crippen LogP contribution in [0.3, 0.4) is 0 Å². The second kappa shape index (κ2) is 6.82. The van der Waals surface area contributed by atoms with Gasteiger partial charge in [0.25, 0.3) is 0 Å². The molecule has 0 fully saturated rings. The number of aromatic nitrogens is 4. The molecule has 23 heavy (non-hydrogen) atoms. The Hall–Kier alpha value is -3.03. The molecular formula is C15H14FN5O2. The van der Waals surface area contributed by atoms with Gasteiger partial charge in [-0.05, 0) is 19.1 Å². The topological polar surface area (TPSA) is 86.0 Å². The van der Waals surface area contributed by atoms with E-state index >= 15 is 0 Å². The zero-order chi connectivity index (χ0) is 16.1. The van der Waals surface area contributed by atoms with Crippen molar-refractivity contribution in [3.63, 3.8) is 0 Å². The monoisotopic (exact) mass is 315 g/mol. The first kappa shape index (κ1) is 14.9. The van der Waals surface area contributed by atoms with Crippen LogP contribution in [0.25, 0.3) is 0 Å². The molecule has 3 aromatic rings. The van der Waals surface area contributed by atoms with E-state index in [-0.39, 0.29) is 18.4 Å². The zero-order valence-corrected chi connectivity index (χ0v) is 12.4. The van der Waals surface area contributed by atoms with Gasteiger partial charge in [-0.2, -0.15) is 4.98 Å². The van der Waals surface area contributed by atoms with Crippen molar-refractivity contribution < 1.29 is 13.5 Å². The average Bonchev–Trinajstić information content (AvgIpc) is 3.08. The SMILES string of the molecule is Cc1cnc(CNc2nc(OCc3ccco3)ncc2F)cn1. The van der Waals surface area contributed by atoms with Crippen LogP contribution in [0.5, 0.6) is 6.01 Å². The van der Waals surface area contributed by atoms with Gasteiger partial charge >= 0.3 is 6.01 Å². The summed E-state index contributed by atoms with van der Waals surface area (Å²) < 4.78 is 24.3. The molecule has 118 valence electrons. The van der Waals surface area contributed by atoms with Crippen molar-refractivity contribution in [3.05, 3.63) is 60.0 Å². The summed E-state index contributed by atoms with van der Waals surface area (Å²) in [6, 6.07) is 3.57. The molecule has 0 amide bonds. The number of aryl methyl sites for hydroxylation is 1. The molecule has 0 saturated carbocycles. The Morgan fingerprint density at radius 1 is 1.22 bits per heavy atom. The summed E-state index contributed by atoms with van der Waals surface area (Å²) in [6.45, 7) is 2.30. The van der Waals surface area contributed by atoms with Crippen LogP contribution in [0.2, 0.25) is 0 Å². The summed E-state index contributed by atoms with van der Waals surface area (Å²) in [6.07, 6.45) is 5.86. The van der Waals surface area contributed by atoms with Crippen LogP contribution in [-0.2, 0) is 13.2 Å². The summed E-state index contributed by atoms with van der Waals surface area (Å²) in [5.41, 5.74) is 1.49. The van der Waals surface area contributed by atoms with E-state index in [0.29, 0.717) is 18.0 Å². The van der Waals surface area contributed by atoms with Crippen molar-refractivity contribution in [2.24, 2.45) is 0 Å². The second-order valence-corrected chi connectivity index (χ2v) is 4.72. The predicted molar refractivity (Wildman–Crippen MR) is 79.1 cm³/mol. The summed E-state index contributed by atoms with van der Waals surface area (Å²) in [7, 11) is 0. The number of ether oxygens (including phenoxy) is 1. The van der Waals surface area contributed by atoms with Gasteiger partial charge < -0.3 is 14.5 Å². The lowest BCUT2D eigenvalue weighted by Gasteiger charge is -2.08. The van der Waals surface area contributed by atoms with Gasteiger partial charge in [0.2, 0.25) is 0 Å². The number of anilines is 1. The van der Waals surface area contributed by atoms with Crippen LogP contribution < -0.4 is 10.1 Å². The standard InChI is InChI=1S/C15H14FN5O2/c1-10-5-18-11(6-17-10)7-19-14-13(16)8-20-15(21-14)23-9-12-3-2-4-22-12/h2-6,8H,7,9H2,1H3,(H,19,20,21). The smallest absolute Gasteiger partial charge is 0.318 e. The molecule has 3 aromatic heterocycles. The van der Waals surface area contributed by atoms with Crippen molar-refractivity contribution in [2.45, 2.75) is 20.1 Å². The quantitative estimate of drug-likeness (QED) is 0.748. The Balaban J connectivity index is 1.64. The van der Waals surface area contributed by atoms with E-state index in [1.54, 1.807) is 30.8 Å². The third kappa shape index (κ3) is 4.00. The Bertz CT molecular complexity index is 762. The van der Waals surface area contributed by atoms with E-state index < -0.39 is 5.82 Å². The molecule has 0 aromatic carbocycles. The van der Waals surface area contributed by atoms with Crippen LogP contribution >= 0.6 is 0 Å². The molecule has 7 nitrogen and oxygen atoms in total. The number of nitrogens with one attached hydrogen (secondary N) is 1. The number of hydrogen-bond acceptors (Lipinski definition) is 7. The number of rotatable bonds is 6. The molecule has 3 rings (SSSR count). The Labute approximate surface area is 131 Å². The van der Waals surface area contributed by atoms with Crippen LogP contribution in [0.4, 0.5) is 10.2 Å². The van der Waals surface area contributed by atoms with Gasteiger partial charge in [0.05, 0.1) is 36.6 Å². The second-order valence-electron chi connectivity index (χ2n) is 4.72. The minimum absolute atomic E-state index is 0.0387. The van der Waals surface area contributed by atoms with Crippen LogP contribution in [0, 0.1) is 12.7 Å². The van der Waals surface area contributed by atoms with Gasteiger partial charge in [-0.15, -0.1) is 0 Å². The van der Waals surface area contributed by atoms with E-state index in [0.717, 1.165) is 11.9 Å². The van der Waals surface area contributed by atoms with Crippen LogP contribution in [-0.4, -0.2) is 19.9 Å². The van der Waals surface area contributed by atoms with Crippen molar-refractivity contribution in [1.82, 2.24) is 19.9 Å². The third-order valence-electron chi connectivity index (χ3n) is 2.92. The highest BCUT2D eigenvalue weighted by molar-refractivity contribution is 5.36. The fraction of sp³-hybridized carbons (Fsp3) is 0.200. The van der Waals surface area contributed by atoms with Gasteiger partial charge in [-0.25, -0.2) is 9.37 Å². The molecule has 0 aliphatic carbocycles. The molecule has 8 heteroatoms. The van der Waals surface area contributed by atoms with Gasteiger partial charge in [0.15, 0.2) is 11.6 Å². The molecule has 0 radical (unpaired) electrons. The normalized spacial score (nSPS) is 10.5. The first-order valence-corrected chi connectivity index (χ1v) is 6.90. The number of halogens is 1. The summed E-state index contributed by atoms with van der Waals surface area (Å²) >= 11 is 0. The molecular weight excluding hydrogens is 301 g/mol. The maximum Gasteiger partial charge on any atom is 0.318 e. The molecule has 0 aliphatic heterocycles. The molecule has 0 aliphatic rings. The number of furan rings is 1. The van der Waals surface area contributed by atoms with Crippen molar-refractivity contribution in [3.8, 4) is 6.01 Å². The van der Waals surface area contributed by atoms with Gasteiger partial charge in [0.1, 0.15) is 12.4 Å². The van der Waals surface area contributed by atoms with Gasteiger partial charge in [0, 0.05) is 6.20 Å². The third-order valence-corrected chi connectivity index (χ3v) is 2.92. The molecule has 0 saturated heterocycles. The van der Waals surface area contributed by atoms with Crippen LogP contribution in [0.1, 0.15) is 17.1 Å². The molecule has 0 atom stereocenters. The lowest BCUT2D eigenvalue weighted by Crippen LogP contribution is -2.08. The number of nitrogens with zero attached hydrogens (tertiary/aromatic N) is 4. The predicted octanol–water partition coefficient (Wildman–Crippen LogP) is 2.50. The highest BCUT2D eigenvalue weighted by atomic mass is 19.1. The van der Waals surface area contributed by atoms with E-state index in [1.807, 2.05) is 6.92 Å². The lowest BCUT2D eigenvalue weighted by atomic mass is 10.4.